The van der Waals surface area contributed by atoms with Crippen molar-refractivity contribution in [1.29, 1.82) is 0 Å². The van der Waals surface area contributed by atoms with E-state index in [-0.39, 0.29) is 5.41 Å². The van der Waals surface area contributed by atoms with Crippen molar-refractivity contribution in [2.75, 3.05) is 4.90 Å². The summed E-state index contributed by atoms with van der Waals surface area (Å²) in [7, 11) is 0. The molecule has 1 aliphatic rings. The third-order valence-electron chi connectivity index (χ3n) is 10.4. The van der Waals surface area contributed by atoms with Crippen LogP contribution >= 0.6 is 0 Å². The summed E-state index contributed by atoms with van der Waals surface area (Å²) in [5.41, 5.74) is 16.6. The van der Waals surface area contributed by atoms with Crippen LogP contribution in [0.3, 0.4) is 0 Å². The monoisotopic (exact) mass is 641 g/mol. The molecule has 0 bridgehead atoms. The molecule has 0 N–H and O–H groups in total. The van der Waals surface area contributed by atoms with Gasteiger partial charge in [0.2, 0.25) is 0 Å². The molecule has 0 fully saturated rings. The summed E-state index contributed by atoms with van der Waals surface area (Å²) in [6, 6.07) is 60.6. The molecule has 0 heterocycles. The van der Waals surface area contributed by atoms with Crippen molar-refractivity contribution in [1.82, 2.24) is 0 Å². The molecule has 0 amide bonds. The predicted molar refractivity (Wildman–Crippen MR) is 215 cm³/mol. The Kier molecular flexibility index (Phi) is 7.00. The fraction of sp³-hybridized carbons (Fsp3) is 0.102. The second-order valence-corrected chi connectivity index (χ2v) is 14.8. The first-order valence-corrected chi connectivity index (χ1v) is 17.6. The topological polar surface area (TPSA) is 3.24 Å². The average Bonchev–Trinajstić information content (AvgIpc) is 3.14. The highest BCUT2D eigenvalue weighted by Crippen LogP contribution is 2.51. The SMILES string of the molecule is Cc1ccccc1N(c1ccc(-c2ccccc2)cc1)c1ccc2cc3c(cc2c1)-c1cc2ccc(-c4ccc(C(C)(C)C)cc4)cc2cc1-3. The smallest absolute Gasteiger partial charge is 0.0490 e. The van der Waals surface area contributed by atoms with Gasteiger partial charge < -0.3 is 4.90 Å². The molecule has 0 radical (unpaired) electrons. The van der Waals surface area contributed by atoms with Gasteiger partial charge in [-0.2, -0.15) is 0 Å². The van der Waals surface area contributed by atoms with Crippen molar-refractivity contribution < 1.29 is 0 Å². The molecule has 1 nitrogen and oxygen atoms in total. The molecule has 0 spiro atoms. The lowest BCUT2D eigenvalue weighted by Crippen LogP contribution is -2.11. The summed E-state index contributed by atoms with van der Waals surface area (Å²) in [6.45, 7) is 8.99. The van der Waals surface area contributed by atoms with Crippen LogP contribution in [0.1, 0.15) is 31.9 Å². The number of rotatable bonds is 5. The Morgan fingerprint density at radius 2 is 0.860 bits per heavy atom. The summed E-state index contributed by atoms with van der Waals surface area (Å²) in [6.07, 6.45) is 0. The van der Waals surface area contributed by atoms with Gasteiger partial charge in [-0.05, 0) is 150 Å². The molecular formula is C49H39N. The number of nitrogens with zero attached hydrogens (tertiary/aromatic N) is 1. The van der Waals surface area contributed by atoms with Gasteiger partial charge in [0.25, 0.3) is 0 Å². The van der Waals surface area contributed by atoms with Gasteiger partial charge in [-0.25, -0.2) is 0 Å². The van der Waals surface area contributed by atoms with Gasteiger partial charge in [0, 0.05) is 17.1 Å². The maximum atomic E-state index is 2.39. The number of fused-ring (bicyclic) bond motifs is 6. The highest BCUT2D eigenvalue weighted by molar-refractivity contribution is 6.12. The molecule has 8 aromatic carbocycles. The Balaban J connectivity index is 1.08. The summed E-state index contributed by atoms with van der Waals surface area (Å²) in [5.74, 6) is 0. The van der Waals surface area contributed by atoms with E-state index in [0.717, 1.165) is 11.4 Å². The number of hydrogen-bond donors (Lipinski definition) is 0. The number of para-hydroxylation sites is 1. The third-order valence-corrected chi connectivity index (χ3v) is 10.4. The maximum absolute atomic E-state index is 2.39. The fourth-order valence-electron chi connectivity index (χ4n) is 7.57. The van der Waals surface area contributed by atoms with Crippen molar-refractivity contribution in [2.24, 2.45) is 0 Å². The summed E-state index contributed by atoms with van der Waals surface area (Å²) in [5, 5.41) is 5.08. The first-order valence-electron chi connectivity index (χ1n) is 17.6. The quantitative estimate of drug-likeness (QED) is 0.181. The first-order chi connectivity index (χ1) is 24.3. The number of hydrogen-bond acceptors (Lipinski definition) is 1. The van der Waals surface area contributed by atoms with Gasteiger partial charge in [-0.15, -0.1) is 0 Å². The van der Waals surface area contributed by atoms with Crippen LogP contribution in [0.5, 0.6) is 0 Å². The second-order valence-electron chi connectivity index (χ2n) is 14.8. The predicted octanol–water partition coefficient (Wildman–Crippen LogP) is 14.1. The lowest BCUT2D eigenvalue weighted by atomic mass is 9.77. The zero-order chi connectivity index (χ0) is 34.0. The third kappa shape index (κ3) is 5.18. The zero-order valence-electron chi connectivity index (χ0n) is 29.0. The lowest BCUT2D eigenvalue weighted by Gasteiger charge is -2.29. The van der Waals surface area contributed by atoms with Gasteiger partial charge >= 0.3 is 0 Å². The van der Waals surface area contributed by atoms with Gasteiger partial charge in [-0.3, -0.25) is 0 Å². The summed E-state index contributed by atoms with van der Waals surface area (Å²) >= 11 is 0. The fourth-order valence-corrected chi connectivity index (χ4v) is 7.57. The molecule has 1 aliphatic carbocycles. The van der Waals surface area contributed by atoms with Gasteiger partial charge in [0.05, 0.1) is 0 Å². The second kappa shape index (κ2) is 11.6. The molecule has 0 saturated heterocycles. The van der Waals surface area contributed by atoms with E-state index in [1.54, 1.807) is 0 Å². The molecule has 50 heavy (non-hydrogen) atoms. The summed E-state index contributed by atoms with van der Waals surface area (Å²) in [4.78, 5) is 2.39. The molecular weight excluding hydrogens is 603 g/mol. The zero-order valence-corrected chi connectivity index (χ0v) is 29.0. The van der Waals surface area contributed by atoms with E-state index in [9.17, 15) is 0 Å². The van der Waals surface area contributed by atoms with E-state index in [4.69, 9.17) is 0 Å². The van der Waals surface area contributed by atoms with Crippen LogP contribution in [0.25, 0.3) is 66.1 Å². The minimum absolute atomic E-state index is 0.152. The molecule has 9 rings (SSSR count). The minimum atomic E-state index is 0.152. The Hall–Kier alpha value is -5.92. The largest absolute Gasteiger partial charge is 0.310 e. The normalized spacial score (nSPS) is 12.0. The number of anilines is 3. The van der Waals surface area contributed by atoms with Crippen LogP contribution < -0.4 is 4.90 Å². The number of benzene rings is 8. The molecule has 8 aromatic rings. The molecule has 0 atom stereocenters. The van der Waals surface area contributed by atoms with Crippen molar-refractivity contribution in [3.8, 4) is 44.5 Å². The average molecular weight is 642 g/mol. The van der Waals surface area contributed by atoms with Crippen LogP contribution in [0.15, 0.2) is 164 Å². The Bertz CT molecular complexity index is 2550. The van der Waals surface area contributed by atoms with E-state index >= 15 is 0 Å². The van der Waals surface area contributed by atoms with Crippen molar-refractivity contribution in [3.05, 3.63) is 175 Å². The minimum Gasteiger partial charge on any atom is -0.310 e. The van der Waals surface area contributed by atoms with E-state index in [0.29, 0.717) is 0 Å². The number of aryl methyl sites for hydroxylation is 1. The summed E-state index contributed by atoms with van der Waals surface area (Å²) < 4.78 is 0. The van der Waals surface area contributed by atoms with E-state index in [1.165, 1.54) is 82.9 Å². The van der Waals surface area contributed by atoms with Crippen molar-refractivity contribution >= 4 is 38.6 Å². The molecule has 1 heteroatoms. The maximum Gasteiger partial charge on any atom is 0.0490 e. The standard InChI is InChI=1S/C49H39N/c1-32-10-8-9-13-48(32)50(42-23-18-34(19-24-42)33-11-6-5-7-12-33)43-25-20-38-29-45-46-30-39-26-36(35-16-21-41(22-17-35)49(2,3)4)14-15-37(39)28-44(46)47(45)31-40(38)27-43/h5-31H,1-4H3. The van der Waals surface area contributed by atoms with Crippen LogP contribution in [0.2, 0.25) is 0 Å². The Morgan fingerprint density at radius 3 is 1.50 bits per heavy atom. The Morgan fingerprint density at radius 1 is 0.380 bits per heavy atom. The van der Waals surface area contributed by atoms with Crippen LogP contribution in [-0.4, -0.2) is 0 Å². The lowest BCUT2D eigenvalue weighted by molar-refractivity contribution is 0.590. The van der Waals surface area contributed by atoms with Gasteiger partial charge in [0.15, 0.2) is 0 Å². The molecule has 0 unspecified atom stereocenters. The van der Waals surface area contributed by atoms with E-state index in [2.05, 4.69) is 196 Å². The van der Waals surface area contributed by atoms with Gasteiger partial charge in [-0.1, -0.05) is 124 Å². The van der Waals surface area contributed by atoms with Crippen LogP contribution in [0.4, 0.5) is 17.1 Å². The highest BCUT2D eigenvalue weighted by Gasteiger charge is 2.24. The van der Waals surface area contributed by atoms with Gasteiger partial charge in [0.1, 0.15) is 0 Å². The molecule has 0 aliphatic heterocycles. The van der Waals surface area contributed by atoms with Crippen molar-refractivity contribution in [3.63, 3.8) is 0 Å². The molecule has 240 valence electrons. The Labute approximate surface area is 295 Å². The van der Waals surface area contributed by atoms with Crippen LogP contribution in [0, 0.1) is 6.92 Å². The van der Waals surface area contributed by atoms with E-state index in [1.807, 2.05) is 0 Å². The molecule has 0 saturated carbocycles. The molecule has 0 aromatic heterocycles. The van der Waals surface area contributed by atoms with E-state index < -0.39 is 0 Å². The van der Waals surface area contributed by atoms with Crippen LogP contribution in [-0.2, 0) is 5.41 Å². The highest BCUT2D eigenvalue weighted by atomic mass is 15.1. The first kappa shape index (κ1) is 30.2. The van der Waals surface area contributed by atoms with Crippen molar-refractivity contribution in [2.45, 2.75) is 33.1 Å².